The fourth-order valence-electron chi connectivity index (χ4n) is 2.51. The Balaban J connectivity index is 1.61. The fourth-order valence-corrected chi connectivity index (χ4v) is 2.73. The molecule has 3 rings (SSSR count). The van der Waals surface area contributed by atoms with Gasteiger partial charge in [-0.3, -0.25) is 9.48 Å². The predicted octanol–water partition coefficient (Wildman–Crippen LogP) is 2.57. The van der Waals surface area contributed by atoms with Crippen LogP contribution in [-0.4, -0.2) is 29.0 Å². The first kappa shape index (κ1) is 15.7. The Morgan fingerprint density at radius 3 is 2.96 bits per heavy atom. The molecule has 1 N–H and O–H groups in total. The first-order chi connectivity index (χ1) is 11.1. The van der Waals surface area contributed by atoms with E-state index in [0.717, 1.165) is 17.1 Å². The van der Waals surface area contributed by atoms with Crippen LogP contribution in [0.25, 0.3) is 0 Å². The van der Waals surface area contributed by atoms with Crippen molar-refractivity contribution in [3.05, 3.63) is 40.2 Å². The van der Waals surface area contributed by atoms with Gasteiger partial charge in [0.2, 0.25) is 6.79 Å². The van der Waals surface area contributed by atoms with Gasteiger partial charge in [0.05, 0.1) is 10.7 Å². The molecule has 1 aromatic carbocycles. The molecule has 0 radical (unpaired) electrons. The number of hydrogen-bond donors (Lipinski definition) is 1. The van der Waals surface area contributed by atoms with Gasteiger partial charge in [0.15, 0.2) is 11.5 Å². The quantitative estimate of drug-likeness (QED) is 0.912. The summed E-state index contributed by atoms with van der Waals surface area (Å²) in [7, 11) is 0. The number of nitrogens with zero attached hydrogens (tertiary/aromatic N) is 2. The number of fused-ring (bicyclic) bond motifs is 1. The molecule has 0 bridgehead atoms. The SMILES string of the molecule is CCn1nc(C)c(Cl)c1C(=O)NCCc1ccc2c(c1)OCO2. The van der Waals surface area contributed by atoms with Crippen LogP contribution in [0.5, 0.6) is 11.5 Å². The summed E-state index contributed by atoms with van der Waals surface area (Å²) in [5, 5.41) is 7.55. The number of amides is 1. The molecule has 122 valence electrons. The Hall–Kier alpha value is -2.21. The van der Waals surface area contributed by atoms with Crippen molar-refractivity contribution in [3.63, 3.8) is 0 Å². The molecule has 1 aliphatic heterocycles. The Morgan fingerprint density at radius 2 is 2.17 bits per heavy atom. The Bertz CT molecular complexity index is 742. The number of rotatable bonds is 5. The minimum absolute atomic E-state index is 0.210. The summed E-state index contributed by atoms with van der Waals surface area (Å²) in [4.78, 5) is 12.3. The second kappa shape index (κ2) is 6.50. The van der Waals surface area contributed by atoms with E-state index in [1.165, 1.54) is 0 Å². The van der Waals surface area contributed by atoms with Gasteiger partial charge in [-0.25, -0.2) is 0 Å². The van der Waals surface area contributed by atoms with Crippen LogP contribution >= 0.6 is 11.6 Å². The maximum absolute atomic E-state index is 12.3. The number of benzene rings is 1. The number of nitrogens with one attached hydrogen (secondary N) is 1. The Morgan fingerprint density at radius 1 is 1.39 bits per heavy atom. The highest BCUT2D eigenvalue weighted by atomic mass is 35.5. The third kappa shape index (κ3) is 3.12. The first-order valence-electron chi connectivity index (χ1n) is 7.49. The molecule has 0 atom stereocenters. The van der Waals surface area contributed by atoms with Crippen LogP contribution in [0.15, 0.2) is 18.2 Å². The summed E-state index contributed by atoms with van der Waals surface area (Å²) in [6.45, 7) is 5.07. The number of carbonyl (C=O) groups is 1. The summed E-state index contributed by atoms with van der Waals surface area (Å²) in [6, 6.07) is 5.78. The van der Waals surface area contributed by atoms with Crippen LogP contribution in [0.2, 0.25) is 5.02 Å². The zero-order valence-electron chi connectivity index (χ0n) is 13.1. The normalized spacial score (nSPS) is 12.5. The number of hydrogen-bond acceptors (Lipinski definition) is 4. The monoisotopic (exact) mass is 335 g/mol. The summed E-state index contributed by atoms with van der Waals surface area (Å²) in [6.07, 6.45) is 0.694. The third-order valence-electron chi connectivity index (χ3n) is 3.71. The van der Waals surface area contributed by atoms with Crippen LogP contribution in [0, 0.1) is 6.92 Å². The van der Waals surface area contributed by atoms with Crippen molar-refractivity contribution in [3.8, 4) is 11.5 Å². The highest BCUT2D eigenvalue weighted by molar-refractivity contribution is 6.34. The van der Waals surface area contributed by atoms with E-state index in [-0.39, 0.29) is 12.7 Å². The molecular weight excluding hydrogens is 318 g/mol. The van der Waals surface area contributed by atoms with Gasteiger partial charge in [0, 0.05) is 13.1 Å². The van der Waals surface area contributed by atoms with Crippen molar-refractivity contribution in [1.82, 2.24) is 15.1 Å². The van der Waals surface area contributed by atoms with Gasteiger partial charge in [-0.15, -0.1) is 0 Å². The van der Waals surface area contributed by atoms with E-state index in [4.69, 9.17) is 21.1 Å². The minimum Gasteiger partial charge on any atom is -0.454 e. The second-order valence-electron chi connectivity index (χ2n) is 5.26. The van der Waals surface area contributed by atoms with Crippen LogP contribution in [-0.2, 0) is 13.0 Å². The molecule has 7 heteroatoms. The number of ether oxygens (including phenoxy) is 2. The third-order valence-corrected chi connectivity index (χ3v) is 4.16. The molecule has 6 nitrogen and oxygen atoms in total. The second-order valence-corrected chi connectivity index (χ2v) is 5.64. The standard InChI is InChI=1S/C16H18ClN3O3/c1-3-20-15(14(17)10(2)19-20)16(21)18-7-6-11-4-5-12-13(8-11)23-9-22-12/h4-5,8H,3,6-7,9H2,1-2H3,(H,18,21). The lowest BCUT2D eigenvalue weighted by Crippen LogP contribution is -2.28. The van der Waals surface area contributed by atoms with Crippen molar-refractivity contribution in [2.75, 3.05) is 13.3 Å². The van der Waals surface area contributed by atoms with E-state index in [0.29, 0.717) is 35.9 Å². The first-order valence-corrected chi connectivity index (χ1v) is 7.87. The maximum atomic E-state index is 12.3. The predicted molar refractivity (Wildman–Crippen MR) is 86.3 cm³/mol. The molecule has 1 aromatic heterocycles. The van der Waals surface area contributed by atoms with Gasteiger partial charge in [-0.2, -0.15) is 5.10 Å². The molecule has 0 saturated heterocycles. The van der Waals surface area contributed by atoms with Crippen LogP contribution in [0.3, 0.4) is 0 Å². The molecule has 0 spiro atoms. The molecular formula is C16H18ClN3O3. The van der Waals surface area contributed by atoms with Gasteiger partial charge in [-0.1, -0.05) is 17.7 Å². The largest absolute Gasteiger partial charge is 0.454 e. The zero-order chi connectivity index (χ0) is 16.4. The van der Waals surface area contributed by atoms with E-state index in [1.54, 1.807) is 11.6 Å². The summed E-state index contributed by atoms with van der Waals surface area (Å²) < 4.78 is 12.2. The molecule has 2 aromatic rings. The van der Waals surface area contributed by atoms with Gasteiger partial charge >= 0.3 is 0 Å². The van der Waals surface area contributed by atoms with Crippen LogP contribution in [0.1, 0.15) is 28.7 Å². The lowest BCUT2D eigenvalue weighted by Gasteiger charge is -2.08. The van der Waals surface area contributed by atoms with Gasteiger partial charge < -0.3 is 14.8 Å². The topological polar surface area (TPSA) is 65.4 Å². The Labute approximate surface area is 139 Å². The van der Waals surface area contributed by atoms with Crippen molar-refractivity contribution < 1.29 is 14.3 Å². The van der Waals surface area contributed by atoms with E-state index in [2.05, 4.69) is 10.4 Å². The van der Waals surface area contributed by atoms with Gasteiger partial charge in [0.1, 0.15) is 5.69 Å². The van der Waals surface area contributed by atoms with E-state index in [1.807, 2.05) is 25.1 Å². The lowest BCUT2D eigenvalue weighted by molar-refractivity contribution is 0.0943. The highest BCUT2D eigenvalue weighted by Crippen LogP contribution is 2.32. The molecule has 0 aliphatic carbocycles. The highest BCUT2D eigenvalue weighted by Gasteiger charge is 2.19. The average molecular weight is 336 g/mol. The molecule has 0 fully saturated rings. The lowest BCUT2D eigenvalue weighted by atomic mass is 10.1. The molecule has 1 amide bonds. The average Bonchev–Trinajstić information content (AvgIpc) is 3.11. The minimum atomic E-state index is -0.210. The van der Waals surface area contributed by atoms with Gasteiger partial charge in [0.25, 0.3) is 5.91 Å². The summed E-state index contributed by atoms with van der Waals surface area (Å²) >= 11 is 6.17. The van der Waals surface area contributed by atoms with Crippen LogP contribution < -0.4 is 14.8 Å². The van der Waals surface area contributed by atoms with Crippen molar-refractivity contribution in [2.45, 2.75) is 26.8 Å². The van der Waals surface area contributed by atoms with Crippen molar-refractivity contribution in [1.29, 1.82) is 0 Å². The molecule has 23 heavy (non-hydrogen) atoms. The van der Waals surface area contributed by atoms with Crippen molar-refractivity contribution in [2.24, 2.45) is 0 Å². The molecule has 0 unspecified atom stereocenters. The van der Waals surface area contributed by atoms with E-state index in [9.17, 15) is 4.79 Å². The smallest absolute Gasteiger partial charge is 0.271 e. The number of halogens is 1. The summed E-state index contributed by atoms with van der Waals surface area (Å²) in [5.41, 5.74) is 2.15. The molecule has 0 saturated carbocycles. The van der Waals surface area contributed by atoms with Gasteiger partial charge in [-0.05, 0) is 38.0 Å². The Kier molecular flexibility index (Phi) is 4.43. The van der Waals surface area contributed by atoms with E-state index >= 15 is 0 Å². The number of aryl methyl sites for hydroxylation is 2. The van der Waals surface area contributed by atoms with E-state index < -0.39 is 0 Å². The number of carbonyl (C=O) groups excluding carboxylic acids is 1. The zero-order valence-corrected chi connectivity index (χ0v) is 13.8. The maximum Gasteiger partial charge on any atom is 0.271 e. The molecule has 2 heterocycles. The fraction of sp³-hybridized carbons (Fsp3) is 0.375. The number of aromatic nitrogens is 2. The van der Waals surface area contributed by atoms with Crippen LogP contribution in [0.4, 0.5) is 0 Å². The van der Waals surface area contributed by atoms with Crippen molar-refractivity contribution >= 4 is 17.5 Å². The summed E-state index contributed by atoms with van der Waals surface area (Å²) in [5.74, 6) is 1.29. The molecule has 1 aliphatic rings.